The van der Waals surface area contributed by atoms with Crippen molar-refractivity contribution in [3.8, 4) is 0 Å². The molecule has 3 rings (SSSR count). The van der Waals surface area contributed by atoms with Gasteiger partial charge >= 0.3 is 0 Å². The van der Waals surface area contributed by atoms with Gasteiger partial charge in [0.1, 0.15) is 5.82 Å². The highest BCUT2D eigenvalue weighted by atomic mass is 19.1. The van der Waals surface area contributed by atoms with Gasteiger partial charge in [-0.15, -0.1) is 0 Å². The molecule has 2 N–H and O–H groups in total. The maximum atomic E-state index is 14.0. The number of carbonyl (C=O) groups excluding carboxylic acids is 2. The SMILES string of the molecule is Cc1[nH]ncc1CCCNC(=O)c1cc(N2CCCC2=O)ccc1F. The standard InChI is InChI=1S/C18H21FN4O2/c1-12-13(11-21-22-12)4-2-8-20-18(25)15-10-14(6-7-16(15)19)23-9-3-5-17(23)24/h6-7,10-11H,2-5,8-9H2,1H3,(H,20,25)(H,21,22). The minimum absolute atomic E-state index is 0.00782. The molecule has 1 aromatic carbocycles. The van der Waals surface area contributed by atoms with E-state index in [1.807, 2.05) is 6.92 Å². The van der Waals surface area contributed by atoms with Crippen LogP contribution in [0.4, 0.5) is 10.1 Å². The zero-order valence-electron chi connectivity index (χ0n) is 14.1. The van der Waals surface area contributed by atoms with Crippen molar-refractivity contribution in [1.82, 2.24) is 15.5 Å². The van der Waals surface area contributed by atoms with Gasteiger partial charge in [0.05, 0.1) is 11.8 Å². The molecule has 0 bridgehead atoms. The van der Waals surface area contributed by atoms with Crippen LogP contribution in [-0.2, 0) is 11.2 Å². The van der Waals surface area contributed by atoms with E-state index in [4.69, 9.17) is 0 Å². The topological polar surface area (TPSA) is 78.1 Å². The van der Waals surface area contributed by atoms with Gasteiger partial charge < -0.3 is 10.2 Å². The number of carbonyl (C=O) groups is 2. The molecule has 6 nitrogen and oxygen atoms in total. The Hall–Kier alpha value is -2.70. The highest BCUT2D eigenvalue weighted by Crippen LogP contribution is 2.23. The van der Waals surface area contributed by atoms with Crippen molar-refractivity contribution < 1.29 is 14.0 Å². The summed E-state index contributed by atoms with van der Waals surface area (Å²) in [5, 5.41) is 9.56. The average Bonchev–Trinajstić information content (AvgIpc) is 3.20. The minimum Gasteiger partial charge on any atom is -0.352 e. The van der Waals surface area contributed by atoms with E-state index < -0.39 is 11.7 Å². The third-order valence-corrected chi connectivity index (χ3v) is 4.42. The fourth-order valence-corrected chi connectivity index (χ4v) is 2.98. The van der Waals surface area contributed by atoms with Gasteiger partial charge in [0.15, 0.2) is 0 Å². The summed E-state index contributed by atoms with van der Waals surface area (Å²) in [4.78, 5) is 25.7. The molecule has 132 valence electrons. The number of nitrogens with one attached hydrogen (secondary N) is 2. The molecule has 2 aromatic rings. The van der Waals surface area contributed by atoms with Crippen molar-refractivity contribution in [3.05, 3.63) is 47.0 Å². The lowest BCUT2D eigenvalue weighted by molar-refractivity contribution is -0.117. The molecule has 0 spiro atoms. The number of halogens is 1. The molecule has 0 saturated carbocycles. The zero-order valence-corrected chi connectivity index (χ0v) is 14.1. The Balaban J connectivity index is 1.59. The van der Waals surface area contributed by atoms with Crippen molar-refractivity contribution in [2.24, 2.45) is 0 Å². The smallest absolute Gasteiger partial charge is 0.254 e. The number of hydrogen-bond donors (Lipinski definition) is 2. The van der Waals surface area contributed by atoms with Crippen LogP contribution in [0.25, 0.3) is 0 Å². The summed E-state index contributed by atoms with van der Waals surface area (Å²) < 4.78 is 14.0. The fourth-order valence-electron chi connectivity index (χ4n) is 2.98. The number of anilines is 1. The summed E-state index contributed by atoms with van der Waals surface area (Å²) in [6.45, 7) is 2.99. The van der Waals surface area contributed by atoms with E-state index in [2.05, 4.69) is 15.5 Å². The highest BCUT2D eigenvalue weighted by molar-refractivity contribution is 5.99. The lowest BCUT2D eigenvalue weighted by Crippen LogP contribution is -2.27. The van der Waals surface area contributed by atoms with E-state index in [0.717, 1.165) is 30.5 Å². The molecule has 0 unspecified atom stereocenters. The van der Waals surface area contributed by atoms with Gasteiger partial charge in [0.2, 0.25) is 5.91 Å². The molecule has 0 aliphatic carbocycles. The van der Waals surface area contributed by atoms with Crippen molar-refractivity contribution >= 4 is 17.5 Å². The maximum absolute atomic E-state index is 14.0. The van der Waals surface area contributed by atoms with Gasteiger partial charge in [-0.05, 0) is 49.9 Å². The van der Waals surface area contributed by atoms with E-state index in [0.29, 0.717) is 25.2 Å². The summed E-state index contributed by atoms with van der Waals surface area (Å²) in [6.07, 6.45) is 4.57. The van der Waals surface area contributed by atoms with Crippen LogP contribution in [0.5, 0.6) is 0 Å². The van der Waals surface area contributed by atoms with Crippen LogP contribution in [0.2, 0.25) is 0 Å². The van der Waals surface area contributed by atoms with Gasteiger partial charge in [-0.3, -0.25) is 14.7 Å². The largest absolute Gasteiger partial charge is 0.352 e. The van der Waals surface area contributed by atoms with Crippen LogP contribution in [-0.4, -0.2) is 35.1 Å². The molecule has 0 radical (unpaired) electrons. The van der Waals surface area contributed by atoms with Crippen LogP contribution in [0, 0.1) is 12.7 Å². The van der Waals surface area contributed by atoms with E-state index in [1.165, 1.54) is 18.2 Å². The summed E-state index contributed by atoms with van der Waals surface area (Å²) in [5.41, 5.74) is 2.66. The molecular formula is C18H21FN4O2. The van der Waals surface area contributed by atoms with Crippen LogP contribution in [0.15, 0.2) is 24.4 Å². The molecule has 25 heavy (non-hydrogen) atoms. The van der Waals surface area contributed by atoms with Crippen LogP contribution in [0.3, 0.4) is 0 Å². The molecule has 1 aliphatic heterocycles. The second-order valence-corrected chi connectivity index (χ2v) is 6.19. The first-order valence-electron chi connectivity index (χ1n) is 8.43. The van der Waals surface area contributed by atoms with Gasteiger partial charge in [-0.2, -0.15) is 5.10 Å². The maximum Gasteiger partial charge on any atom is 0.254 e. The van der Waals surface area contributed by atoms with Crippen molar-refractivity contribution in [3.63, 3.8) is 0 Å². The molecule has 0 atom stereocenters. The molecule has 1 aromatic heterocycles. The zero-order chi connectivity index (χ0) is 17.8. The number of aromatic amines is 1. The predicted octanol–water partition coefficient (Wildman–Crippen LogP) is 2.35. The molecule has 1 aliphatic rings. The van der Waals surface area contributed by atoms with Crippen molar-refractivity contribution in [2.75, 3.05) is 18.0 Å². The van der Waals surface area contributed by atoms with Gasteiger partial charge in [-0.25, -0.2) is 4.39 Å². The Morgan fingerprint density at radius 1 is 1.44 bits per heavy atom. The molecule has 2 amide bonds. The Kier molecular flexibility index (Phi) is 5.11. The minimum atomic E-state index is -0.585. The van der Waals surface area contributed by atoms with Crippen molar-refractivity contribution in [2.45, 2.75) is 32.6 Å². The first kappa shape index (κ1) is 17.1. The summed E-state index contributed by atoms with van der Waals surface area (Å²) in [6, 6.07) is 4.23. The van der Waals surface area contributed by atoms with Crippen LogP contribution < -0.4 is 10.2 Å². The van der Waals surface area contributed by atoms with Gasteiger partial charge in [0, 0.05) is 30.9 Å². The second kappa shape index (κ2) is 7.46. The third kappa shape index (κ3) is 3.87. The molecule has 7 heteroatoms. The fraction of sp³-hybridized carbons (Fsp3) is 0.389. The Labute approximate surface area is 145 Å². The molecule has 1 fully saturated rings. The monoisotopic (exact) mass is 344 g/mol. The van der Waals surface area contributed by atoms with E-state index >= 15 is 0 Å². The van der Waals surface area contributed by atoms with Gasteiger partial charge in [-0.1, -0.05) is 0 Å². The van der Waals surface area contributed by atoms with Gasteiger partial charge in [0.25, 0.3) is 5.91 Å². The highest BCUT2D eigenvalue weighted by Gasteiger charge is 2.23. The van der Waals surface area contributed by atoms with E-state index in [9.17, 15) is 14.0 Å². The molecular weight excluding hydrogens is 323 g/mol. The Bertz CT molecular complexity index is 787. The van der Waals surface area contributed by atoms with Crippen LogP contribution >= 0.6 is 0 Å². The number of nitrogens with zero attached hydrogens (tertiary/aromatic N) is 2. The summed E-state index contributed by atoms with van der Waals surface area (Å²) in [5.74, 6) is -1.04. The first-order chi connectivity index (χ1) is 12.1. The van der Waals surface area contributed by atoms with Crippen molar-refractivity contribution in [1.29, 1.82) is 0 Å². The number of aryl methyl sites for hydroxylation is 2. The number of aromatic nitrogens is 2. The van der Waals surface area contributed by atoms with E-state index in [-0.39, 0.29) is 11.5 Å². The normalized spacial score (nSPS) is 14.2. The second-order valence-electron chi connectivity index (χ2n) is 6.19. The Morgan fingerprint density at radius 3 is 2.96 bits per heavy atom. The summed E-state index contributed by atoms with van der Waals surface area (Å²) >= 11 is 0. The molecule has 2 heterocycles. The average molecular weight is 344 g/mol. The number of H-pyrrole nitrogens is 1. The first-order valence-corrected chi connectivity index (χ1v) is 8.43. The lowest BCUT2D eigenvalue weighted by atomic mass is 10.1. The lowest BCUT2D eigenvalue weighted by Gasteiger charge is -2.17. The number of rotatable bonds is 6. The molecule has 1 saturated heterocycles. The van der Waals surface area contributed by atoms with E-state index in [1.54, 1.807) is 11.1 Å². The number of hydrogen-bond acceptors (Lipinski definition) is 3. The quantitative estimate of drug-likeness (QED) is 0.790. The Morgan fingerprint density at radius 2 is 2.28 bits per heavy atom. The van der Waals surface area contributed by atoms with Crippen LogP contribution in [0.1, 0.15) is 40.9 Å². The summed E-state index contributed by atoms with van der Waals surface area (Å²) in [7, 11) is 0. The third-order valence-electron chi connectivity index (χ3n) is 4.42. The number of benzene rings is 1. The predicted molar refractivity (Wildman–Crippen MR) is 92.0 cm³/mol. The number of amides is 2.